The van der Waals surface area contributed by atoms with Crippen molar-refractivity contribution in [1.82, 2.24) is 0 Å². The van der Waals surface area contributed by atoms with Crippen LogP contribution in [0.2, 0.25) is 0 Å². The van der Waals surface area contributed by atoms with Gasteiger partial charge in [-0.15, -0.1) is 0 Å². The summed E-state index contributed by atoms with van der Waals surface area (Å²) < 4.78 is 6.62. The van der Waals surface area contributed by atoms with Gasteiger partial charge in [-0.05, 0) is 48.9 Å². The minimum absolute atomic E-state index is 0.127. The normalized spacial score (nSPS) is 10.3. The second-order valence-corrected chi connectivity index (χ2v) is 6.31. The van der Waals surface area contributed by atoms with Gasteiger partial charge in [0, 0.05) is 15.7 Å². The van der Waals surface area contributed by atoms with Crippen LogP contribution in [0.3, 0.4) is 0 Å². The molecule has 0 fully saturated rings. The number of nitrogens with one attached hydrogen (secondary N) is 1. The molecule has 2 aromatic carbocycles. The molecule has 0 aliphatic heterocycles. The number of rotatable bonds is 8. The summed E-state index contributed by atoms with van der Waals surface area (Å²) in [5.74, 6) is 0.679. The Hall–Kier alpha value is -1.81. The van der Waals surface area contributed by atoms with E-state index >= 15 is 0 Å². The number of carbonyl (C=O) groups excluding carboxylic acids is 1. The van der Waals surface area contributed by atoms with E-state index in [-0.39, 0.29) is 5.91 Å². The summed E-state index contributed by atoms with van der Waals surface area (Å²) in [7, 11) is 0. The number of ether oxygens (including phenoxy) is 1. The third-order valence-electron chi connectivity index (χ3n) is 3.47. The average Bonchev–Trinajstić information content (AvgIpc) is 2.55. The fraction of sp³-hybridized carbons (Fsp3) is 0.316. The summed E-state index contributed by atoms with van der Waals surface area (Å²) in [6.07, 6.45) is 4.74. The van der Waals surface area contributed by atoms with E-state index < -0.39 is 0 Å². The van der Waals surface area contributed by atoms with Gasteiger partial charge >= 0.3 is 0 Å². The Labute approximate surface area is 146 Å². The highest BCUT2D eigenvalue weighted by molar-refractivity contribution is 9.10. The largest absolute Gasteiger partial charge is 0.494 e. The van der Waals surface area contributed by atoms with E-state index in [1.807, 2.05) is 36.4 Å². The maximum Gasteiger partial charge on any atom is 0.255 e. The summed E-state index contributed by atoms with van der Waals surface area (Å²) in [4.78, 5) is 12.2. The van der Waals surface area contributed by atoms with E-state index in [4.69, 9.17) is 4.74 Å². The van der Waals surface area contributed by atoms with Crippen molar-refractivity contribution in [2.45, 2.75) is 32.6 Å². The molecule has 2 rings (SSSR count). The molecule has 0 saturated carbocycles. The van der Waals surface area contributed by atoms with Gasteiger partial charge in [-0.2, -0.15) is 0 Å². The van der Waals surface area contributed by atoms with Crippen LogP contribution in [0, 0.1) is 0 Å². The maximum atomic E-state index is 12.2. The molecule has 1 amide bonds. The Bertz CT molecular complexity index is 626. The van der Waals surface area contributed by atoms with Crippen molar-refractivity contribution in [2.24, 2.45) is 0 Å². The molecule has 0 unspecified atom stereocenters. The summed E-state index contributed by atoms with van der Waals surface area (Å²) in [6, 6.07) is 14.8. The smallest absolute Gasteiger partial charge is 0.255 e. The Kier molecular flexibility index (Phi) is 7.14. The third-order valence-corrected chi connectivity index (χ3v) is 3.96. The highest BCUT2D eigenvalue weighted by Gasteiger charge is 2.06. The molecule has 0 atom stereocenters. The lowest BCUT2D eigenvalue weighted by atomic mass is 10.2. The Morgan fingerprint density at radius 2 is 1.87 bits per heavy atom. The van der Waals surface area contributed by atoms with E-state index in [9.17, 15) is 4.79 Å². The lowest BCUT2D eigenvalue weighted by molar-refractivity contribution is 0.102. The van der Waals surface area contributed by atoms with Crippen molar-refractivity contribution in [3.8, 4) is 5.75 Å². The predicted molar refractivity (Wildman–Crippen MR) is 98.2 cm³/mol. The number of hydrogen-bond acceptors (Lipinski definition) is 2. The van der Waals surface area contributed by atoms with E-state index in [1.54, 1.807) is 12.1 Å². The number of halogens is 1. The van der Waals surface area contributed by atoms with Crippen molar-refractivity contribution in [2.75, 3.05) is 11.9 Å². The average molecular weight is 376 g/mol. The van der Waals surface area contributed by atoms with Gasteiger partial charge in [0.25, 0.3) is 5.91 Å². The summed E-state index contributed by atoms with van der Waals surface area (Å²) >= 11 is 3.39. The first-order valence-electron chi connectivity index (χ1n) is 7.99. The molecule has 23 heavy (non-hydrogen) atoms. The predicted octanol–water partition coefficient (Wildman–Crippen LogP) is 5.66. The molecule has 1 N–H and O–H groups in total. The number of amides is 1. The van der Waals surface area contributed by atoms with Crippen LogP contribution in [0.4, 0.5) is 5.69 Å². The summed E-state index contributed by atoms with van der Waals surface area (Å²) in [5.41, 5.74) is 1.38. The first kappa shape index (κ1) is 17.5. The minimum atomic E-state index is -0.127. The van der Waals surface area contributed by atoms with Gasteiger partial charge in [0.1, 0.15) is 5.75 Å². The van der Waals surface area contributed by atoms with Crippen molar-refractivity contribution in [3.63, 3.8) is 0 Å². The molecule has 3 nitrogen and oxygen atoms in total. The molecule has 0 spiro atoms. The summed E-state index contributed by atoms with van der Waals surface area (Å²) in [6.45, 7) is 2.92. The molecule has 2 aromatic rings. The Morgan fingerprint density at radius 3 is 2.57 bits per heavy atom. The molecule has 0 radical (unpaired) electrons. The molecular weight excluding hydrogens is 354 g/mol. The highest BCUT2D eigenvalue weighted by Crippen LogP contribution is 2.18. The van der Waals surface area contributed by atoms with Crippen molar-refractivity contribution in [1.29, 1.82) is 0 Å². The standard InChI is InChI=1S/C19H22BrNO2/c1-2-3-4-5-13-23-18-11-9-15(10-12-18)19(22)21-17-8-6-7-16(20)14-17/h6-12,14H,2-5,13H2,1H3,(H,21,22). The van der Waals surface area contributed by atoms with Crippen LogP contribution in [0.5, 0.6) is 5.75 Å². The first-order chi connectivity index (χ1) is 11.2. The lowest BCUT2D eigenvalue weighted by Crippen LogP contribution is -2.11. The van der Waals surface area contributed by atoms with Gasteiger partial charge in [-0.25, -0.2) is 0 Å². The summed E-state index contributed by atoms with van der Waals surface area (Å²) in [5, 5.41) is 2.88. The zero-order chi connectivity index (χ0) is 16.5. The van der Waals surface area contributed by atoms with Crippen LogP contribution in [0.25, 0.3) is 0 Å². The molecule has 4 heteroatoms. The number of benzene rings is 2. The zero-order valence-electron chi connectivity index (χ0n) is 13.3. The van der Waals surface area contributed by atoms with Gasteiger partial charge < -0.3 is 10.1 Å². The molecule has 0 aliphatic rings. The van der Waals surface area contributed by atoms with Crippen LogP contribution in [0.1, 0.15) is 43.0 Å². The molecule has 0 saturated heterocycles. The van der Waals surface area contributed by atoms with Crippen LogP contribution in [-0.4, -0.2) is 12.5 Å². The molecule has 0 aliphatic carbocycles. The zero-order valence-corrected chi connectivity index (χ0v) is 14.9. The fourth-order valence-corrected chi connectivity index (χ4v) is 2.59. The second-order valence-electron chi connectivity index (χ2n) is 5.40. The van der Waals surface area contributed by atoms with Crippen molar-refractivity contribution < 1.29 is 9.53 Å². The number of unbranched alkanes of at least 4 members (excludes halogenated alkanes) is 3. The first-order valence-corrected chi connectivity index (χ1v) is 8.78. The SMILES string of the molecule is CCCCCCOc1ccc(C(=O)Nc2cccc(Br)c2)cc1. The quantitative estimate of drug-likeness (QED) is 0.604. The number of anilines is 1. The molecule has 122 valence electrons. The maximum absolute atomic E-state index is 12.2. The molecule has 0 bridgehead atoms. The van der Waals surface area contributed by atoms with Gasteiger partial charge in [-0.3, -0.25) is 4.79 Å². The van der Waals surface area contributed by atoms with Gasteiger partial charge in [-0.1, -0.05) is 48.2 Å². The van der Waals surface area contributed by atoms with Gasteiger partial charge in [0.15, 0.2) is 0 Å². The second kappa shape index (κ2) is 9.36. The van der Waals surface area contributed by atoms with Gasteiger partial charge in [0.2, 0.25) is 0 Å². The minimum Gasteiger partial charge on any atom is -0.494 e. The monoisotopic (exact) mass is 375 g/mol. The Balaban J connectivity index is 1.85. The molecular formula is C19H22BrNO2. The van der Waals surface area contributed by atoms with Crippen LogP contribution >= 0.6 is 15.9 Å². The van der Waals surface area contributed by atoms with Crippen LogP contribution in [0.15, 0.2) is 53.0 Å². The van der Waals surface area contributed by atoms with E-state index in [1.165, 1.54) is 19.3 Å². The van der Waals surface area contributed by atoms with E-state index in [0.29, 0.717) is 5.56 Å². The van der Waals surface area contributed by atoms with Crippen molar-refractivity contribution in [3.05, 3.63) is 58.6 Å². The lowest BCUT2D eigenvalue weighted by Gasteiger charge is -2.08. The Morgan fingerprint density at radius 1 is 1.09 bits per heavy atom. The highest BCUT2D eigenvalue weighted by atomic mass is 79.9. The fourth-order valence-electron chi connectivity index (χ4n) is 2.19. The van der Waals surface area contributed by atoms with Crippen molar-refractivity contribution >= 4 is 27.5 Å². The number of carbonyl (C=O) groups is 1. The van der Waals surface area contributed by atoms with E-state index in [2.05, 4.69) is 28.2 Å². The van der Waals surface area contributed by atoms with Crippen LogP contribution < -0.4 is 10.1 Å². The topological polar surface area (TPSA) is 38.3 Å². The van der Waals surface area contributed by atoms with Crippen LogP contribution in [-0.2, 0) is 0 Å². The number of hydrogen-bond donors (Lipinski definition) is 1. The van der Waals surface area contributed by atoms with Gasteiger partial charge in [0.05, 0.1) is 6.61 Å². The van der Waals surface area contributed by atoms with E-state index in [0.717, 1.165) is 28.9 Å². The molecule has 0 aromatic heterocycles. The third kappa shape index (κ3) is 6.06. The molecule has 0 heterocycles.